The Balaban J connectivity index is 0.00000162. The lowest BCUT2D eigenvalue weighted by Gasteiger charge is -2.15. The van der Waals surface area contributed by atoms with Crippen molar-refractivity contribution in [3.63, 3.8) is 0 Å². The van der Waals surface area contributed by atoms with Crippen molar-refractivity contribution >= 4 is 23.2 Å². The standard InChI is InChI=1S/C15H19NO.ClH/c1-3-17-15-10-12-6-4-5-7-13(12)11(2)14(15)8-9-16;/h4-7,10H,3,8-9,16H2,1-2H3;1H. The van der Waals surface area contributed by atoms with Crippen molar-refractivity contribution in [1.82, 2.24) is 0 Å². The summed E-state index contributed by atoms with van der Waals surface area (Å²) < 4.78 is 5.72. The quantitative estimate of drug-likeness (QED) is 0.919. The third-order valence-electron chi connectivity index (χ3n) is 3.10. The molecule has 0 aliphatic heterocycles. The molecule has 0 unspecified atom stereocenters. The highest BCUT2D eigenvalue weighted by Gasteiger charge is 2.10. The summed E-state index contributed by atoms with van der Waals surface area (Å²) in [6.45, 7) is 5.50. The molecule has 0 saturated carbocycles. The number of aryl methyl sites for hydroxylation is 1. The smallest absolute Gasteiger partial charge is 0.123 e. The van der Waals surface area contributed by atoms with E-state index < -0.39 is 0 Å². The van der Waals surface area contributed by atoms with Crippen LogP contribution in [-0.2, 0) is 6.42 Å². The van der Waals surface area contributed by atoms with Crippen LogP contribution in [0.5, 0.6) is 5.75 Å². The van der Waals surface area contributed by atoms with Gasteiger partial charge in [0.2, 0.25) is 0 Å². The molecule has 2 rings (SSSR count). The monoisotopic (exact) mass is 265 g/mol. The van der Waals surface area contributed by atoms with Crippen molar-refractivity contribution in [3.8, 4) is 5.75 Å². The third kappa shape index (κ3) is 2.77. The van der Waals surface area contributed by atoms with Gasteiger partial charge in [-0.1, -0.05) is 24.3 Å². The van der Waals surface area contributed by atoms with Crippen molar-refractivity contribution in [2.75, 3.05) is 13.2 Å². The topological polar surface area (TPSA) is 35.2 Å². The summed E-state index contributed by atoms with van der Waals surface area (Å²) >= 11 is 0. The van der Waals surface area contributed by atoms with Crippen molar-refractivity contribution in [2.45, 2.75) is 20.3 Å². The van der Waals surface area contributed by atoms with Gasteiger partial charge in [0.25, 0.3) is 0 Å². The summed E-state index contributed by atoms with van der Waals surface area (Å²) in [5, 5.41) is 2.52. The molecule has 3 heteroatoms. The number of fused-ring (bicyclic) bond motifs is 1. The molecule has 98 valence electrons. The summed E-state index contributed by atoms with van der Waals surface area (Å²) in [6.07, 6.45) is 0.867. The van der Waals surface area contributed by atoms with Crippen LogP contribution in [0.2, 0.25) is 0 Å². The van der Waals surface area contributed by atoms with E-state index in [1.165, 1.54) is 21.9 Å². The zero-order valence-corrected chi connectivity index (χ0v) is 11.7. The van der Waals surface area contributed by atoms with Crippen molar-refractivity contribution in [2.24, 2.45) is 5.73 Å². The minimum atomic E-state index is 0. The number of benzene rings is 2. The molecule has 0 radical (unpaired) electrons. The summed E-state index contributed by atoms with van der Waals surface area (Å²) in [7, 11) is 0. The van der Waals surface area contributed by atoms with E-state index in [1.807, 2.05) is 6.92 Å². The van der Waals surface area contributed by atoms with Crippen LogP contribution in [0.3, 0.4) is 0 Å². The summed E-state index contributed by atoms with van der Waals surface area (Å²) in [5.41, 5.74) is 8.22. The van der Waals surface area contributed by atoms with E-state index >= 15 is 0 Å². The zero-order valence-electron chi connectivity index (χ0n) is 10.9. The first kappa shape index (κ1) is 14.8. The lowest BCUT2D eigenvalue weighted by molar-refractivity contribution is 0.337. The minimum absolute atomic E-state index is 0. The highest BCUT2D eigenvalue weighted by atomic mass is 35.5. The SMILES string of the molecule is CCOc1cc2ccccc2c(C)c1CCN.Cl. The summed E-state index contributed by atoms with van der Waals surface area (Å²) in [4.78, 5) is 0. The predicted octanol–water partition coefficient (Wildman–Crippen LogP) is 3.47. The Labute approximate surface area is 115 Å². The fourth-order valence-corrected chi connectivity index (χ4v) is 2.28. The van der Waals surface area contributed by atoms with Gasteiger partial charge < -0.3 is 10.5 Å². The van der Waals surface area contributed by atoms with Gasteiger partial charge in [-0.05, 0) is 54.8 Å². The maximum atomic E-state index is 5.72. The second kappa shape index (κ2) is 6.62. The number of ether oxygens (including phenoxy) is 1. The molecule has 0 aliphatic rings. The molecule has 2 aromatic rings. The Morgan fingerprint density at radius 3 is 2.61 bits per heavy atom. The van der Waals surface area contributed by atoms with Gasteiger partial charge in [0, 0.05) is 0 Å². The lowest BCUT2D eigenvalue weighted by Crippen LogP contribution is -2.07. The van der Waals surface area contributed by atoms with Gasteiger partial charge in [0.15, 0.2) is 0 Å². The van der Waals surface area contributed by atoms with Gasteiger partial charge in [-0.15, -0.1) is 12.4 Å². The number of nitrogens with two attached hydrogens (primary N) is 1. The molecule has 0 spiro atoms. The molecular weight excluding hydrogens is 246 g/mol. The lowest BCUT2D eigenvalue weighted by atomic mass is 9.97. The first-order chi connectivity index (χ1) is 8.27. The maximum absolute atomic E-state index is 5.72. The van der Waals surface area contributed by atoms with Gasteiger partial charge in [0.05, 0.1) is 6.61 Å². The largest absolute Gasteiger partial charge is 0.494 e. The Kier molecular flexibility index (Phi) is 5.45. The Bertz CT molecular complexity index is 525. The normalized spacial score (nSPS) is 10.2. The molecule has 0 aromatic heterocycles. The van der Waals surface area contributed by atoms with Gasteiger partial charge in [0.1, 0.15) is 5.75 Å². The molecule has 2 nitrogen and oxygen atoms in total. The van der Waals surface area contributed by atoms with Crippen molar-refractivity contribution in [3.05, 3.63) is 41.5 Å². The third-order valence-corrected chi connectivity index (χ3v) is 3.10. The van der Waals surface area contributed by atoms with Crippen LogP contribution in [0.25, 0.3) is 10.8 Å². The maximum Gasteiger partial charge on any atom is 0.123 e. The van der Waals surface area contributed by atoms with Crippen molar-refractivity contribution in [1.29, 1.82) is 0 Å². The van der Waals surface area contributed by atoms with Crippen LogP contribution in [0.4, 0.5) is 0 Å². The molecule has 0 heterocycles. The fourth-order valence-electron chi connectivity index (χ4n) is 2.28. The van der Waals surface area contributed by atoms with E-state index in [0.29, 0.717) is 13.2 Å². The van der Waals surface area contributed by atoms with Crippen molar-refractivity contribution < 1.29 is 4.74 Å². The predicted molar refractivity (Wildman–Crippen MR) is 79.9 cm³/mol. The molecule has 0 bridgehead atoms. The fraction of sp³-hybridized carbons (Fsp3) is 0.333. The van der Waals surface area contributed by atoms with E-state index in [0.717, 1.165) is 12.2 Å². The second-order valence-electron chi connectivity index (χ2n) is 4.17. The highest BCUT2D eigenvalue weighted by Crippen LogP contribution is 2.30. The molecule has 0 amide bonds. The highest BCUT2D eigenvalue weighted by molar-refractivity contribution is 5.88. The van der Waals surface area contributed by atoms with Gasteiger partial charge in [-0.2, -0.15) is 0 Å². The first-order valence-corrected chi connectivity index (χ1v) is 6.12. The molecule has 0 aliphatic carbocycles. The van der Waals surface area contributed by atoms with E-state index in [-0.39, 0.29) is 12.4 Å². The number of hydrogen-bond donors (Lipinski definition) is 1. The van der Waals surface area contributed by atoms with E-state index in [2.05, 4.69) is 37.3 Å². The molecular formula is C15H20ClNO. The van der Waals surface area contributed by atoms with Crippen LogP contribution < -0.4 is 10.5 Å². The van der Waals surface area contributed by atoms with Crippen LogP contribution in [0.1, 0.15) is 18.1 Å². The Morgan fingerprint density at radius 2 is 1.94 bits per heavy atom. The average molecular weight is 266 g/mol. The summed E-state index contributed by atoms with van der Waals surface area (Å²) in [6, 6.07) is 10.5. The zero-order chi connectivity index (χ0) is 12.3. The molecule has 0 saturated heterocycles. The second-order valence-corrected chi connectivity index (χ2v) is 4.17. The minimum Gasteiger partial charge on any atom is -0.494 e. The van der Waals surface area contributed by atoms with Crippen LogP contribution in [0, 0.1) is 6.92 Å². The molecule has 18 heavy (non-hydrogen) atoms. The molecule has 0 atom stereocenters. The van der Waals surface area contributed by atoms with Crippen LogP contribution in [-0.4, -0.2) is 13.2 Å². The molecule has 0 fully saturated rings. The number of hydrogen-bond acceptors (Lipinski definition) is 2. The summed E-state index contributed by atoms with van der Waals surface area (Å²) in [5.74, 6) is 0.981. The Morgan fingerprint density at radius 1 is 1.22 bits per heavy atom. The molecule has 2 aromatic carbocycles. The first-order valence-electron chi connectivity index (χ1n) is 6.12. The molecule has 2 N–H and O–H groups in total. The number of halogens is 1. The Hall–Kier alpha value is -1.25. The van der Waals surface area contributed by atoms with Gasteiger partial charge in [-0.3, -0.25) is 0 Å². The van der Waals surface area contributed by atoms with E-state index in [4.69, 9.17) is 10.5 Å². The van der Waals surface area contributed by atoms with E-state index in [1.54, 1.807) is 0 Å². The van der Waals surface area contributed by atoms with Crippen LogP contribution >= 0.6 is 12.4 Å². The van der Waals surface area contributed by atoms with Crippen LogP contribution in [0.15, 0.2) is 30.3 Å². The van der Waals surface area contributed by atoms with Gasteiger partial charge in [-0.25, -0.2) is 0 Å². The van der Waals surface area contributed by atoms with E-state index in [9.17, 15) is 0 Å². The number of rotatable bonds is 4. The average Bonchev–Trinajstić information content (AvgIpc) is 2.34. The van der Waals surface area contributed by atoms with Gasteiger partial charge >= 0.3 is 0 Å².